The molecule has 2 rings (SSSR count). The summed E-state index contributed by atoms with van der Waals surface area (Å²) in [6.45, 7) is 0.416. The molecule has 0 atom stereocenters. The maximum Gasteiger partial charge on any atom is 0.318 e. The average Bonchev–Trinajstić information content (AvgIpc) is 3.18. The number of urea groups is 1. The second-order valence-electron chi connectivity index (χ2n) is 4.58. The van der Waals surface area contributed by atoms with Gasteiger partial charge in [-0.25, -0.2) is 4.79 Å². The molecule has 108 valence electrons. The number of halogens is 1. The SMILES string of the molecule is NC(=O)NC(=O)COc1c(Br)cccc1CNC1CC1. The molecule has 6 nitrogen and oxygen atoms in total. The molecule has 0 aromatic heterocycles. The summed E-state index contributed by atoms with van der Waals surface area (Å²) >= 11 is 3.39. The van der Waals surface area contributed by atoms with Gasteiger partial charge in [0, 0.05) is 18.2 Å². The summed E-state index contributed by atoms with van der Waals surface area (Å²) < 4.78 is 6.24. The van der Waals surface area contributed by atoms with Gasteiger partial charge in [0.05, 0.1) is 4.47 Å². The van der Waals surface area contributed by atoms with Gasteiger partial charge in [0.25, 0.3) is 5.91 Å². The molecule has 7 heteroatoms. The summed E-state index contributed by atoms with van der Waals surface area (Å²) in [7, 11) is 0. The van der Waals surface area contributed by atoms with E-state index >= 15 is 0 Å². The number of carbonyl (C=O) groups is 2. The lowest BCUT2D eigenvalue weighted by Crippen LogP contribution is -2.38. The van der Waals surface area contributed by atoms with Crippen molar-refractivity contribution in [1.29, 1.82) is 0 Å². The number of para-hydroxylation sites is 1. The number of primary amides is 1. The summed E-state index contributed by atoms with van der Waals surface area (Å²) in [5.41, 5.74) is 5.82. The van der Waals surface area contributed by atoms with Crippen molar-refractivity contribution in [1.82, 2.24) is 10.6 Å². The summed E-state index contributed by atoms with van der Waals surface area (Å²) in [4.78, 5) is 21.9. The zero-order valence-electron chi connectivity index (χ0n) is 10.8. The van der Waals surface area contributed by atoms with Crippen molar-refractivity contribution in [3.05, 3.63) is 28.2 Å². The van der Waals surface area contributed by atoms with Gasteiger partial charge in [-0.15, -0.1) is 0 Å². The first-order chi connectivity index (χ1) is 9.56. The van der Waals surface area contributed by atoms with Crippen molar-refractivity contribution in [2.45, 2.75) is 25.4 Å². The average molecular weight is 342 g/mol. The summed E-state index contributed by atoms with van der Waals surface area (Å²) in [6, 6.07) is 5.37. The van der Waals surface area contributed by atoms with Crippen LogP contribution in [0.25, 0.3) is 0 Å². The Morgan fingerprint density at radius 1 is 1.40 bits per heavy atom. The van der Waals surface area contributed by atoms with E-state index < -0.39 is 11.9 Å². The highest BCUT2D eigenvalue weighted by molar-refractivity contribution is 9.10. The number of nitrogens with one attached hydrogen (secondary N) is 2. The fourth-order valence-corrected chi connectivity index (χ4v) is 2.23. The molecule has 4 N–H and O–H groups in total. The highest BCUT2D eigenvalue weighted by atomic mass is 79.9. The van der Waals surface area contributed by atoms with E-state index in [0.29, 0.717) is 18.3 Å². The summed E-state index contributed by atoms with van der Waals surface area (Å²) in [5.74, 6) is 0.0228. The first-order valence-corrected chi connectivity index (χ1v) is 7.08. The highest BCUT2D eigenvalue weighted by Gasteiger charge is 2.21. The molecule has 0 heterocycles. The Labute approximate surface area is 125 Å². The van der Waals surface area contributed by atoms with Gasteiger partial charge in [0.15, 0.2) is 6.61 Å². The predicted octanol–water partition coefficient (Wildman–Crippen LogP) is 1.27. The number of benzene rings is 1. The smallest absolute Gasteiger partial charge is 0.318 e. The van der Waals surface area contributed by atoms with E-state index in [4.69, 9.17) is 10.5 Å². The topological polar surface area (TPSA) is 93.5 Å². The van der Waals surface area contributed by atoms with Gasteiger partial charge >= 0.3 is 6.03 Å². The molecule has 3 amide bonds. The Morgan fingerprint density at radius 2 is 2.15 bits per heavy atom. The van der Waals surface area contributed by atoms with Crippen LogP contribution in [0.2, 0.25) is 0 Å². The first kappa shape index (κ1) is 14.8. The minimum Gasteiger partial charge on any atom is -0.482 e. The molecule has 0 saturated heterocycles. The molecule has 0 spiro atoms. The number of hydrogen-bond acceptors (Lipinski definition) is 4. The van der Waals surface area contributed by atoms with E-state index in [0.717, 1.165) is 10.0 Å². The minimum absolute atomic E-state index is 0.262. The quantitative estimate of drug-likeness (QED) is 0.726. The highest BCUT2D eigenvalue weighted by Crippen LogP contribution is 2.30. The number of imide groups is 1. The zero-order chi connectivity index (χ0) is 14.5. The van der Waals surface area contributed by atoms with Crippen LogP contribution in [0.4, 0.5) is 4.79 Å². The van der Waals surface area contributed by atoms with Crippen LogP contribution in [0.15, 0.2) is 22.7 Å². The number of hydrogen-bond donors (Lipinski definition) is 3. The molecule has 0 unspecified atom stereocenters. The van der Waals surface area contributed by atoms with Gasteiger partial charge in [-0.2, -0.15) is 0 Å². The van der Waals surface area contributed by atoms with Crippen LogP contribution in [0, 0.1) is 0 Å². The van der Waals surface area contributed by atoms with E-state index in [1.807, 2.05) is 23.5 Å². The standard InChI is InChI=1S/C13H16BrN3O3/c14-10-3-1-2-8(6-16-9-4-5-9)12(10)20-7-11(18)17-13(15)19/h1-3,9,16H,4-7H2,(H3,15,17,18,19). The molecule has 1 aliphatic carbocycles. The second kappa shape index (κ2) is 6.71. The first-order valence-electron chi connectivity index (χ1n) is 6.29. The molecule has 1 saturated carbocycles. The van der Waals surface area contributed by atoms with E-state index in [2.05, 4.69) is 21.2 Å². The lowest BCUT2D eigenvalue weighted by atomic mass is 10.2. The number of nitrogens with two attached hydrogens (primary N) is 1. The van der Waals surface area contributed by atoms with Crippen molar-refractivity contribution < 1.29 is 14.3 Å². The summed E-state index contributed by atoms with van der Waals surface area (Å²) in [5, 5.41) is 5.34. The van der Waals surface area contributed by atoms with Gasteiger partial charge in [-0.1, -0.05) is 12.1 Å². The Morgan fingerprint density at radius 3 is 2.80 bits per heavy atom. The number of carbonyl (C=O) groups excluding carboxylic acids is 2. The van der Waals surface area contributed by atoms with Crippen LogP contribution < -0.4 is 21.1 Å². The molecule has 0 radical (unpaired) electrons. The normalized spacial score (nSPS) is 13.8. The fourth-order valence-electron chi connectivity index (χ4n) is 1.71. The van der Waals surface area contributed by atoms with E-state index in [1.165, 1.54) is 12.8 Å². The van der Waals surface area contributed by atoms with Crippen molar-refractivity contribution in [2.24, 2.45) is 5.73 Å². The Kier molecular flexibility index (Phi) is 4.97. The van der Waals surface area contributed by atoms with Crippen molar-refractivity contribution in [3.63, 3.8) is 0 Å². The fraction of sp³-hybridized carbons (Fsp3) is 0.385. The number of ether oxygens (including phenoxy) is 1. The van der Waals surface area contributed by atoms with Crippen LogP contribution in [0.1, 0.15) is 18.4 Å². The van der Waals surface area contributed by atoms with E-state index in [-0.39, 0.29) is 6.61 Å². The molecule has 0 aliphatic heterocycles. The summed E-state index contributed by atoms with van der Waals surface area (Å²) in [6.07, 6.45) is 2.40. The van der Waals surface area contributed by atoms with Gasteiger partial charge in [-0.3, -0.25) is 10.1 Å². The number of rotatable bonds is 6. The zero-order valence-corrected chi connectivity index (χ0v) is 12.4. The van der Waals surface area contributed by atoms with E-state index in [1.54, 1.807) is 0 Å². The van der Waals surface area contributed by atoms with Gasteiger partial charge in [-0.05, 0) is 34.8 Å². The maximum absolute atomic E-state index is 11.4. The monoisotopic (exact) mass is 341 g/mol. The third-order valence-electron chi connectivity index (χ3n) is 2.82. The lowest BCUT2D eigenvalue weighted by Gasteiger charge is -2.13. The third kappa shape index (κ3) is 4.50. The molecular weight excluding hydrogens is 326 g/mol. The third-order valence-corrected chi connectivity index (χ3v) is 3.44. The molecule has 20 heavy (non-hydrogen) atoms. The maximum atomic E-state index is 11.4. The van der Waals surface area contributed by atoms with Crippen LogP contribution in [-0.2, 0) is 11.3 Å². The second-order valence-corrected chi connectivity index (χ2v) is 5.44. The van der Waals surface area contributed by atoms with Crippen LogP contribution in [0.3, 0.4) is 0 Å². The lowest BCUT2D eigenvalue weighted by molar-refractivity contribution is -0.121. The Balaban J connectivity index is 1.97. The van der Waals surface area contributed by atoms with Crippen molar-refractivity contribution >= 4 is 27.9 Å². The largest absolute Gasteiger partial charge is 0.482 e. The molecular formula is C13H16BrN3O3. The molecule has 0 bridgehead atoms. The number of amides is 3. The van der Waals surface area contributed by atoms with Crippen LogP contribution in [-0.4, -0.2) is 24.6 Å². The molecule has 1 fully saturated rings. The predicted molar refractivity (Wildman–Crippen MR) is 77.2 cm³/mol. The minimum atomic E-state index is -0.888. The van der Waals surface area contributed by atoms with Crippen LogP contribution >= 0.6 is 15.9 Å². The molecule has 1 aromatic carbocycles. The van der Waals surface area contributed by atoms with Gasteiger partial charge in [0.2, 0.25) is 0 Å². The van der Waals surface area contributed by atoms with Gasteiger partial charge < -0.3 is 15.8 Å². The Bertz CT molecular complexity index is 518. The molecule has 1 aliphatic rings. The van der Waals surface area contributed by atoms with E-state index in [9.17, 15) is 9.59 Å². The van der Waals surface area contributed by atoms with Gasteiger partial charge in [0.1, 0.15) is 5.75 Å². The van der Waals surface area contributed by atoms with Crippen molar-refractivity contribution in [2.75, 3.05) is 6.61 Å². The Hall–Kier alpha value is -1.60. The molecule has 1 aromatic rings. The van der Waals surface area contributed by atoms with Crippen LogP contribution in [0.5, 0.6) is 5.75 Å². The van der Waals surface area contributed by atoms with Crippen molar-refractivity contribution in [3.8, 4) is 5.75 Å².